The lowest BCUT2D eigenvalue weighted by atomic mass is 9.93. The van der Waals surface area contributed by atoms with E-state index in [0.29, 0.717) is 31.9 Å². The Bertz CT molecular complexity index is 1070. The first-order chi connectivity index (χ1) is 15.5. The number of pyridine rings is 2. The van der Waals surface area contributed by atoms with Crippen molar-refractivity contribution in [2.45, 2.75) is 44.0 Å². The smallest absolute Gasteiger partial charge is 0.419 e. The largest absolute Gasteiger partial charge is 0.474 e. The zero-order chi connectivity index (χ0) is 22.1. The normalized spacial score (nSPS) is 22.3. The van der Waals surface area contributed by atoms with Crippen LogP contribution in [0.1, 0.15) is 37.3 Å². The molecule has 1 saturated heterocycles. The summed E-state index contributed by atoms with van der Waals surface area (Å²) in [6.45, 7) is 2.84. The van der Waals surface area contributed by atoms with Crippen LogP contribution in [0.15, 0.2) is 36.8 Å². The third-order valence-corrected chi connectivity index (χ3v) is 6.11. The van der Waals surface area contributed by atoms with Crippen molar-refractivity contribution in [2.24, 2.45) is 0 Å². The highest BCUT2D eigenvalue weighted by Crippen LogP contribution is 2.35. The number of morpholine rings is 1. The third kappa shape index (κ3) is 4.36. The minimum absolute atomic E-state index is 0.0558. The van der Waals surface area contributed by atoms with Gasteiger partial charge >= 0.3 is 6.18 Å². The second kappa shape index (κ2) is 8.57. The first kappa shape index (κ1) is 21.0. The molecule has 1 aliphatic carbocycles. The summed E-state index contributed by atoms with van der Waals surface area (Å²) < 4.78 is 51.8. The zero-order valence-electron chi connectivity index (χ0n) is 17.5. The summed E-state index contributed by atoms with van der Waals surface area (Å²) in [5.41, 5.74) is 0.114. The van der Waals surface area contributed by atoms with Gasteiger partial charge in [0.1, 0.15) is 11.9 Å². The van der Waals surface area contributed by atoms with E-state index < -0.39 is 11.7 Å². The van der Waals surface area contributed by atoms with Crippen LogP contribution in [0.4, 0.5) is 19.0 Å². The van der Waals surface area contributed by atoms with Crippen molar-refractivity contribution in [1.82, 2.24) is 19.7 Å². The summed E-state index contributed by atoms with van der Waals surface area (Å²) in [5.74, 6) is 1.37. The molecule has 0 amide bonds. The highest BCUT2D eigenvalue weighted by Gasteiger charge is 2.33. The van der Waals surface area contributed by atoms with Gasteiger partial charge in [0.05, 0.1) is 41.9 Å². The lowest BCUT2D eigenvalue weighted by Crippen LogP contribution is -2.36. The van der Waals surface area contributed by atoms with Gasteiger partial charge in [-0.05, 0) is 37.8 Å². The van der Waals surface area contributed by atoms with E-state index in [4.69, 9.17) is 14.5 Å². The Morgan fingerprint density at radius 3 is 2.59 bits per heavy atom. The van der Waals surface area contributed by atoms with Crippen LogP contribution in [-0.2, 0) is 10.9 Å². The first-order valence-electron chi connectivity index (χ1n) is 10.8. The molecule has 0 unspecified atom stereocenters. The number of hydrogen-bond donors (Lipinski definition) is 0. The number of anilines is 1. The van der Waals surface area contributed by atoms with Gasteiger partial charge in [-0.2, -0.15) is 23.3 Å². The van der Waals surface area contributed by atoms with Crippen LogP contribution in [0, 0.1) is 0 Å². The molecule has 0 aromatic carbocycles. The monoisotopic (exact) mass is 447 g/mol. The van der Waals surface area contributed by atoms with Crippen molar-refractivity contribution in [1.29, 1.82) is 0 Å². The molecule has 170 valence electrons. The fourth-order valence-electron chi connectivity index (χ4n) is 4.35. The van der Waals surface area contributed by atoms with Crippen molar-refractivity contribution in [3.05, 3.63) is 42.4 Å². The maximum atomic E-state index is 12.9. The zero-order valence-corrected chi connectivity index (χ0v) is 17.5. The van der Waals surface area contributed by atoms with Crippen LogP contribution < -0.4 is 9.64 Å². The van der Waals surface area contributed by atoms with Crippen molar-refractivity contribution >= 4 is 16.7 Å². The molecular formula is C22H24F3N5O2. The highest BCUT2D eigenvalue weighted by atomic mass is 19.4. The van der Waals surface area contributed by atoms with Gasteiger partial charge in [-0.15, -0.1) is 0 Å². The standard InChI is InChI=1S/C22H24F3N5O2/c23-22(24,25)15-13-27-30(14-15)16-3-5-17(6-4-16)32-21-18-2-1-7-26-19(18)12-20(28-21)29-8-10-31-11-9-29/h1-2,7,12-14,16-17H,3-6,8-11H2. The Kier molecular flexibility index (Phi) is 5.62. The minimum Gasteiger partial charge on any atom is -0.474 e. The molecular weight excluding hydrogens is 423 g/mol. The van der Waals surface area contributed by atoms with Crippen molar-refractivity contribution in [3.63, 3.8) is 0 Å². The SMILES string of the molecule is FC(F)(F)c1cnn(C2CCC(Oc3nc(N4CCOCC4)cc4ncccc34)CC2)c1. The summed E-state index contributed by atoms with van der Waals surface area (Å²) in [6, 6.07) is 5.72. The van der Waals surface area contributed by atoms with Crippen LogP contribution in [0.5, 0.6) is 5.88 Å². The molecule has 2 aliphatic rings. The number of alkyl halides is 3. The van der Waals surface area contributed by atoms with E-state index in [1.807, 2.05) is 18.2 Å². The molecule has 5 rings (SSSR count). The van der Waals surface area contributed by atoms with Gasteiger partial charge in [0.2, 0.25) is 5.88 Å². The van der Waals surface area contributed by atoms with E-state index in [0.717, 1.165) is 55.0 Å². The topological polar surface area (TPSA) is 65.3 Å². The number of nitrogens with zero attached hydrogens (tertiary/aromatic N) is 5. The molecule has 32 heavy (non-hydrogen) atoms. The molecule has 7 nitrogen and oxygen atoms in total. The predicted molar refractivity (Wildman–Crippen MR) is 112 cm³/mol. The van der Waals surface area contributed by atoms with E-state index in [1.165, 1.54) is 4.68 Å². The van der Waals surface area contributed by atoms with Crippen LogP contribution in [0.3, 0.4) is 0 Å². The summed E-state index contributed by atoms with van der Waals surface area (Å²) in [4.78, 5) is 11.4. The third-order valence-electron chi connectivity index (χ3n) is 6.11. The van der Waals surface area contributed by atoms with Gasteiger partial charge in [0.25, 0.3) is 0 Å². The first-order valence-corrected chi connectivity index (χ1v) is 10.8. The Hall–Kier alpha value is -2.88. The number of rotatable bonds is 4. The second-order valence-corrected chi connectivity index (χ2v) is 8.21. The molecule has 0 atom stereocenters. The highest BCUT2D eigenvalue weighted by molar-refractivity contribution is 5.85. The van der Waals surface area contributed by atoms with Crippen LogP contribution in [-0.4, -0.2) is 52.2 Å². The lowest BCUT2D eigenvalue weighted by Gasteiger charge is -2.30. The minimum atomic E-state index is -4.37. The summed E-state index contributed by atoms with van der Waals surface area (Å²) >= 11 is 0. The molecule has 0 N–H and O–H groups in total. The van der Waals surface area contributed by atoms with Crippen LogP contribution >= 0.6 is 0 Å². The van der Waals surface area contributed by atoms with Gasteiger partial charge in [0.15, 0.2) is 0 Å². The number of fused-ring (bicyclic) bond motifs is 1. The average molecular weight is 447 g/mol. The molecule has 3 aromatic heterocycles. The molecule has 1 saturated carbocycles. The predicted octanol–water partition coefficient (Wildman–Crippen LogP) is 4.24. The molecule has 3 aromatic rings. The Labute approximate surface area is 183 Å². The van der Waals surface area contributed by atoms with Crippen LogP contribution in [0.2, 0.25) is 0 Å². The number of ether oxygens (including phenoxy) is 2. The molecule has 4 heterocycles. The van der Waals surface area contributed by atoms with Gasteiger partial charge in [-0.1, -0.05) is 0 Å². The fourth-order valence-corrected chi connectivity index (χ4v) is 4.35. The van der Waals surface area contributed by atoms with Crippen LogP contribution in [0.25, 0.3) is 10.9 Å². The maximum Gasteiger partial charge on any atom is 0.419 e. The van der Waals surface area contributed by atoms with E-state index in [-0.39, 0.29) is 12.1 Å². The second-order valence-electron chi connectivity index (χ2n) is 8.21. The van der Waals surface area contributed by atoms with Gasteiger partial charge in [-0.3, -0.25) is 9.67 Å². The number of aromatic nitrogens is 4. The maximum absolute atomic E-state index is 12.9. The van der Waals surface area contributed by atoms with E-state index in [9.17, 15) is 13.2 Å². The molecule has 2 fully saturated rings. The molecule has 0 radical (unpaired) electrons. The number of halogens is 3. The van der Waals surface area contributed by atoms with Gasteiger partial charge < -0.3 is 14.4 Å². The number of hydrogen-bond acceptors (Lipinski definition) is 6. The summed E-state index contributed by atoms with van der Waals surface area (Å²) in [5, 5.41) is 4.79. The molecule has 10 heteroatoms. The lowest BCUT2D eigenvalue weighted by molar-refractivity contribution is -0.137. The van der Waals surface area contributed by atoms with Crippen molar-refractivity contribution < 1.29 is 22.6 Å². The Balaban J connectivity index is 1.30. The van der Waals surface area contributed by atoms with E-state index >= 15 is 0 Å². The summed E-state index contributed by atoms with van der Waals surface area (Å²) in [7, 11) is 0. The average Bonchev–Trinajstić information content (AvgIpc) is 3.31. The quantitative estimate of drug-likeness (QED) is 0.596. The van der Waals surface area contributed by atoms with E-state index in [1.54, 1.807) is 6.20 Å². The molecule has 1 aliphatic heterocycles. The molecule has 0 bridgehead atoms. The molecule has 0 spiro atoms. The Morgan fingerprint density at radius 1 is 1.09 bits per heavy atom. The fraction of sp³-hybridized carbons (Fsp3) is 0.500. The summed E-state index contributed by atoms with van der Waals surface area (Å²) in [6.07, 6.45) is 2.14. The van der Waals surface area contributed by atoms with Gasteiger partial charge in [-0.25, -0.2) is 0 Å². The van der Waals surface area contributed by atoms with E-state index in [2.05, 4.69) is 15.0 Å². The van der Waals surface area contributed by atoms with Gasteiger partial charge in [0, 0.05) is 31.5 Å². The van der Waals surface area contributed by atoms with Crippen molar-refractivity contribution in [2.75, 3.05) is 31.2 Å². The Morgan fingerprint density at radius 2 is 1.88 bits per heavy atom. The van der Waals surface area contributed by atoms with Crippen molar-refractivity contribution in [3.8, 4) is 5.88 Å².